The van der Waals surface area contributed by atoms with Crippen molar-refractivity contribution in [3.63, 3.8) is 0 Å². The summed E-state index contributed by atoms with van der Waals surface area (Å²) in [5.41, 5.74) is 2.18. The molecule has 3 aromatic rings. The van der Waals surface area contributed by atoms with Crippen LogP contribution < -0.4 is 10.1 Å². The number of thiazole rings is 1. The molecule has 3 heterocycles. The average molecular weight is 407 g/mol. The van der Waals surface area contributed by atoms with Gasteiger partial charge >= 0.3 is 0 Å². The summed E-state index contributed by atoms with van der Waals surface area (Å²) in [6.07, 6.45) is 2.50. The Labute approximate surface area is 161 Å². The number of ether oxygens (including phenoxy) is 2. The lowest BCUT2D eigenvalue weighted by atomic mass is 10.2. The summed E-state index contributed by atoms with van der Waals surface area (Å²) in [7, 11) is 0. The highest BCUT2D eigenvalue weighted by atomic mass is 32.2. The second kappa shape index (κ2) is 8.12. The third-order valence-corrected chi connectivity index (χ3v) is 5.97. The van der Waals surface area contributed by atoms with Crippen LogP contribution in [0.25, 0.3) is 0 Å². The predicted molar refractivity (Wildman–Crippen MR) is 100 cm³/mol. The summed E-state index contributed by atoms with van der Waals surface area (Å²) in [5.74, 6) is 0.409. The van der Waals surface area contributed by atoms with Crippen LogP contribution in [0.2, 0.25) is 0 Å². The lowest BCUT2D eigenvalue weighted by molar-refractivity contribution is 0.102. The van der Waals surface area contributed by atoms with Crippen LogP contribution in [0.5, 0.6) is 5.75 Å². The van der Waals surface area contributed by atoms with Crippen LogP contribution in [0.1, 0.15) is 16.8 Å². The van der Waals surface area contributed by atoms with Crippen LogP contribution in [0.4, 0.5) is 5.13 Å². The highest BCUT2D eigenvalue weighted by Gasteiger charge is 2.19. The van der Waals surface area contributed by atoms with Crippen LogP contribution in [-0.2, 0) is 4.74 Å². The zero-order chi connectivity index (χ0) is 17.8. The quantitative estimate of drug-likeness (QED) is 0.670. The molecule has 2 aromatic heterocycles. The molecule has 1 N–H and O–H groups in total. The zero-order valence-electron chi connectivity index (χ0n) is 13.5. The first-order valence-corrected chi connectivity index (χ1v) is 10.4. The van der Waals surface area contributed by atoms with Gasteiger partial charge in [0.2, 0.25) is 0 Å². The molecule has 0 aliphatic carbocycles. The number of hydrogen-bond donors (Lipinski definition) is 1. The summed E-state index contributed by atoms with van der Waals surface area (Å²) in [5, 5.41) is 13.1. The summed E-state index contributed by atoms with van der Waals surface area (Å²) >= 11 is 4.26. The highest BCUT2D eigenvalue weighted by molar-refractivity contribution is 8.01. The number of nitrogens with zero attached hydrogens (tertiary/aromatic N) is 3. The molecule has 4 rings (SSSR count). The lowest BCUT2D eigenvalue weighted by Gasteiger charge is -2.14. The van der Waals surface area contributed by atoms with Crippen molar-refractivity contribution < 1.29 is 14.3 Å². The van der Waals surface area contributed by atoms with Gasteiger partial charge in [-0.2, -0.15) is 0 Å². The van der Waals surface area contributed by atoms with Gasteiger partial charge < -0.3 is 9.47 Å². The van der Waals surface area contributed by atoms with E-state index < -0.39 is 0 Å². The molecule has 0 bridgehead atoms. The van der Waals surface area contributed by atoms with E-state index >= 15 is 0 Å². The van der Waals surface area contributed by atoms with Gasteiger partial charge in [0.1, 0.15) is 17.4 Å². The second-order valence-electron chi connectivity index (χ2n) is 5.39. The fourth-order valence-electron chi connectivity index (χ4n) is 2.39. The largest absolute Gasteiger partial charge is 0.488 e. The fourth-order valence-corrected chi connectivity index (χ4v) is 4.45. The SMILES string of the molecule is O=C(Nc1nccs1)c1cc(O[C@H]2CCOC2)cc(Sc2nncs2)c1. The van der Waals surface area contributed by atoms with Crippen molar-refractivity contribution in [2.75, 3.05) is 18.5 Å². The van der Waals surface area contributed by atoms with Gasteiger partial charge in [-0.05, 0) is 18.2 Å². The van der Waals surface area contributed by atoms with E-state index in [1.165, 1.54) is 34.4 Å². The summed E-state index contributed by atoms with van der Waals surface area (Å²) in [6.45, 7) is 1.26. The molecule has 10 heteroatoms. The Morgan fingerprint density at radius 1 is 1.35 bits per heavy atom. The number of carbonyl (C=O) groups excluding carboxylic acids is 1. The van der Waals surface area contributed by atoms with Gasteiger partial charge in [-0.3, -0.25) is 10.1 Å². The molecule has 1 amide bonds. The molecule has 1 saturated heterocycles. The molecule has 0 saturated carbocycles. The van der Waals surface area contributed by atoms with Gasteiger partial charge in [-0.1, -0.05) is 23.1 Å². The molecule has 1 aliphatic rings. The lowest BCUT2D eigenvalue weighted by Crippen LogP contribution is -2.17. The number of rotatable bonds is 6. The maximum Gasteiger partial charge on any atom is 0.257 e. The van der Waals surface area contributed by atoms with E-state index in [9.17, 15) is 4.79 Å². The molecule has 1 aromatic carbocycles. The van der Waals surface area contributed by atoms with Crippen LogP contribution in [0.3, 0.4) is 0 Å². The number of anilines is 1. The molecule has 0 radical (unpaired) electrons. The number of nitrogens with one attached hydrogen (secondary N) is 1. The molecule has 1 aliphatic heterocycles. The van der Waals surface area contributed by atoms with Gasteiger partial charge in [0.25, 0.3) is 5.91 Å². The molecule has 7 nitrogen and oxygen atoms in total. The summed E-state index contributed by atoms with van der Waals surface area (Å²) < 4.78 is 12.2. The number of amides is 1. The van der Waals surface area contributed by atoms with E-state index in [4.69, 9.17) is 9.47 Å². The predicted octanol–water partition coefficient (Wildman–Crippen LogP) is 3.57. The summed E-state index contributed by atoms with van der Waals surface area (Å²) in [6, 6.07) is 5.46. The molecule has 26 heavy (non-hydrogen) atoms. The van der Waals surface area contributed by atoms with Crippen molar-refractivity contribution in [2.24, 2.45) is 0 Å². The normalized spacial score (nSPS) is 16.5. The second-order valence-corrected chi connectivity index (χ2v) is 8.44. The van der Waals surface area contributed by atoms with Crippen molar-refractivity contribution >= 4 is 45.5 Å². The van der Waals surface area contributed by atoms with Crippen LogP contribution in [0, 0.1) is 0 Å². The Morgan fingerprint density at radius 3 is 3.04 bits per heavy atom. The minimum atomic E-state index is -0.229. The molecule has 1 fully saturated rings. The van der Waals surface area contributed by atoms with E-state index in [2.05, 4.69) is 20.5 Å². The number of hydrogen-bond acceptors (Lipinski definition) is 9. The maximum atomic E-state index is 12.6. The average Bonchev–Trinajstić information content (AvgIpc) is 3.38. The van der Waals surface area contributed by atoms with Crippen molar-refractivity contribution in [1.82, 2.24) is 15.2 Å². The van der Waals surface area contributed by atoms with Gasteiger partial charge in [0.15, 0.2) is 9.47 Å². The number of carbonyl (C=O) groups is 1. The number of benzene rings is 1. The highest BCUT2D eigenvalue weighted by Crippen LogP contribution is 2.33. The van der Waals surface area contributed by atoms with Crippen molar-refractivity contribution in [2.45, 2.75) is 21.8 Å². The van der Waals surface area contributed by atoms with Crippen LogP contribution in [0.15, 0.2) is 44.5 Å². The minimum absolute atomic E-state index is 0.00616. The van der Waals surface area contributed by atoms with E-state index in [0.29, 0.717) is 29.7 Å². The fraction of sp³-hybridized carbons (Fsp3) is 0.250. The zero-order valence-corrected chi connectivity index (χ0v) is 15.9. The standard InChI is InChI=1S/C16H14N4O3S3/c21-14(19-15-17-2-4-24-15)10-5-12(23-11-1-3-22-8-11)7-13(6-10)26-16-20-18-9-25-16/h2,4-7,9,11H,1,3,8H2,(H,17,19,21)/t11-/m0/s1. The third kappa shape index (κ3) is 4.39. The van der Waals surface area contributed by atoms with E-state index in [1.807, 2.05) is 17.5 Å². The number of aromatic nitrogens is 3. The van der Waals surface area contributed by atoms with Gasteiger partial charge in [-0.25, -0.2) is 4.98 Å². The molecule has 1 atom stereocenters. The Balaban J connectivity index is 1.59. The molecular weight excluding hydrogens is 392 g/mol. The van der Waals surface area contributed by atoms with Crippen molar-refractivity contribution in [3.8, 4) is 5.75 Å². The van der Waals surface area contributed by atoms with E-state index in [0.717, 1.165) is 15.7 Å². The van der Waals surface area contributed by atoms with Gasteiger partial charge in [-0.15, -0.1) is 21.5 Å². The Bertz CT molecular complexity index is 865. The third-order valence-electron chi connectivity index (χ3n) is 3.53. The van der Waals surface area contributed by atoms with E-state index in [-0.39, 0.29) is 12.0 Å². The smallest absolute Gasteiger partial charge is 0.257 e. The monoisotopic (exact) mass is 406 g/mol. The Hall–Kier alpha value is -2.01. The molecular formula is C16H14N4O3S3. The van der Waals surface area contributed by atoms with Crippen molar-refractivity contribution in [3.05, 3.63) is 40.8 Å². The first kappa shape index (κ1) is 17.4. The van der Waals surface area contributed by atoms with Gasteiger partial charge in [0, 0.05) is 28.5 Å². The topological polar surface area (TPSA) is 86.2 Å². The van der Waals surface area contributed by atoms with Crippen LogP contribution >= 0.6 is 34.4 Å². The van der Waals surface area contributed by atoms with Crippen LogP contribution in [-0.4, -0.2) is 40.4 Å². The minimum Gasteiger partial charge on any atom is -0.488 e. The first-order chi connectivity index (χ1) is 12.8. The molecule has 0 unspecified atom stereocenters. The van der Waals surface area contributed by atoms with E-state index in [1.54, 1.807) is 17.8 Å². The van der Waals surface area contributed by atoms with Gasteiger partial charge in [0.05, 0.1) is 13.2 Å². The maximum absolute atomic E-state index is 12.6. The van der Waals surface area contributed by atoms with Crippen molar-refractivity contribution in [1.29, 1.82) is 0 Å². The molecule has 134 valence electrons. The first-order valence-electron chi connectivity index (χ1n) is 7.80. The Kier molecular flexibility index (Phi) is 5.44. The Morgan fingerprint density at radius 2 is 2.31 bits per heavy atom. The summed E-state index contributed by atoms with van der Waals surface area (Å²) in [4.78, 5) is 17.5. The molecule has 0 spiro atoms.